The number of rotatable bonds is 16. The first-order valence-corrected chi connectivity index (χ1v) is 25.4. The van der Waals surface area contributed by atoms with Crippen molar-refractivity contribution in [1.29, 1.82) is 0 Å². The summed E-state index contributed by atoms with van der Waals surface area (Å²) < 4.78 is 47.2. The number of guanidine groups is 1. The number of unbranched alkanes of at least 4 members (excludes halogenated alkanes) is 1. The fourth-order valence-electron chi connectivity index (χ4n) is 10.8. The van der Waals surface area contributed by atoms with Crippen LogP contribution in [0.2, 0.25) is 0 Å². The van der Waals surface area contributed by atoms with Crippen molar-refractivity contribution in [2.45, 2.75) is 167 Å². The molecule has 0 aromatic heterocycles. The number of ketones is 1. The molecule has 370 valence electrons. The molecule has 4 atom stereocenters. The molecule has 2 aliphatic carbocycles. The molecule has 2 aliphatic heterocycles. The van der Waals surface area contributed by atoms with Gasteiger partial charge in [-0.2, -0.15) is 0 Å². The Bertz CT molecular complexity index is 2380. The number of hydrogen-bond donors (Lipinski definition) is 5. The molecule has 6 N–H and O–H groups in total. The number of Topliss-reactive ketones (excluding diaryl/α,β-unsaturated/α-hetero) is 1. The molecule has 0 spiro atoms. The van der Waals surface area contributed by atoms with Crippen LogP contribution in [0.4, 0.5) is 9.59 Å². The summed E-state index contributed by atoms with van der Waals surface area (Å²) in [6.45, 7) is 20.5. The van der Waals surface area contributed by atoms with E-state index in [2.05, 4.69) is 32.2 Å². The summed E-state index contributed by atoms with van der Waals surface area (Å²) in [7, 11) is -4.13. The standard InChI is InChI=1S/C49H73N7O10S/c1-11-13-23-56-24-20-49-27-33(57)17-18-35(49)37(56)26-32-16-19-38(40(58)39(32)49)64-46(61)55(12-2)25-22-51-43(59)36(53-45(60)66-47(6,7)8)15-14-21-52-44(50)54-67(62,63)42-30(4)29(3)41-34(31(42)5)28-48(9,10)65-41/h16,19,35-37,58H,11-15,17-18,20-28H2,1-10H3,(H,51,59)(H,53,60)(H3,50,52,54). The number of likely N-dealkylation sites (tertiary alicyclic amines) is 1. The molecule has 2 heterocycles. The van der Waals surface area contributed by atoms with Crippen molar-refractivity contribution in [3.8, 4) is 17.2 Å². The van der Waals surface area contributed by atoms with E-state index >= 15 is 0 Å². The number of sulfonamides is 1. The van der Waals surface area contributed by atoms with E-state index in [1.165, 1.54) is 4.90 Å². The summed E-state index contributed by atoms with van der Waals surface area (Å²) in [5.41, 5.74) is 8.75. The predicted octanol–water partition coefficient (Wildman–Crippen LogP) is 5.97. The van der Waals surface area contributed by atoms with E-state index in [0.29, 0.717) is 42.2 Å². The highest BCUT2D eigenvalue weighted by molar-refractivity contribution is 7.90. The maximum Gasteiger partial charge on any atom is 0.415 e. The maximum absolute atomic E-state index is 13.7. The smallest absolute Gasteiger partial charge is 0.415 e. The molecule has 2 bridgehead atoms. The molecule has 18 heteroatoms. The number of aromatic hydroxyl groups is 1. The van der Waals surface area contributed by atoms with Gasteiger partial charge in [-0.25, -0.2) is 22.7 Å². The number of phenolic OH excluding ortho intramolecular Hbond substituents is 1. The number of nitrogens with one attached hydrogen (secondary N) is 3. The van der Waals surface area contributed by atoms with Crippen LogP contribution in [0, 0.1) is 26.7 Å². The van der Waals surface area contributed by atoms with Gasteiger partial charge in [0.2, 0.25) is 11.9 Å². The number of carbonyl (C=O) groups excluding carboxylic acids is 4. The molecule has 3 amide bonds. The Labute approximate surface area is 396 Å². The Morgan fingerprint density at radius 3 is 2.51 bits per heavy atom. The molecule has 0 radical (unpaired) electrons. The van der Waals surface area contributed by atoms with E-state index in [1.54, 1.807) is 47.6 Å². The van der Waals surface area contributed by atoms with Crippen molar-refractivity contribution in [3.63, 3.8) is 0 Å². The van der Waals surface area contributed by atoms with Crippen molar-refractivity contribution >= 4 is 39.9 Å². The van der Waals surface area contributed by atoms with Gasteiger partial charge in [0.15, 0.2) is 11.5 Å². The number of phenols is 1. The van der Waals surface area contributed by atoms with Gasteiger partial charge in [-0.05, 0) is 148 Å². The molecule has 17 nitrogen and oxygen atoms in total. The topological polar surface area (TPSA) is 231 Å². The molecule has 6 rings (SSSR count). The van der Waals surface area contributed by atoms with Crippen LogP contribution >= 0.6 is 0 Å². The minimum Gasteiger partial charge on any atom is -0.504 e. The van der Waals surface area contributed by atoms with Gasteiger partial charge in [0.25, 0.3) is 10.0 Å². The van der Waals surface area contributed by atoms with Gasteiger partial charge < -0.3 is 40.6 Å². The Hall–Kier alpha value is -5.10. The quantitative estimate of drug-likeness (QED) is 0.0745. The van der Waals surface area contributed by atoms with Crippen molar-refractivity contribution in [2.24, 2.45) is 16.6 Å². The van der Waals surface area contributed by atoms with E-state index in [-0.39, 0.29) is 73.1 Å². The number of nitrogens with zero attached hydrogens (tertiary/aromatic N) is 3. The van der Waals surface area contributed by atoms with Crippen LogP contribution in [0.15, 0.2) is 22.0 Å². The first-order chi connectivity index (χ1) is 31.4. The Balaban J connectivity index is 1.07. The molecule has 4 unspecified atom stereocenters. The Morgan fingerprint density at radius 2 is 1.82 bits per heavy atom. The second-order valence-electron chi connectivity index (χ2n) is 20.4. The number of hydrogen-bond acceptors (Lipinski definition) is 12. The number of benzene rings is 2. The average Bonchev–Trinajstić information content (AvgIpc) is 3.57. The second-order valence-corrected chi connectivity index (χ2v) is 22.0. The zero-order chi connectivity index (χ0) is 49.2. The van der Waals surface area contributed by atoms with E-state index in [4.69, 9.17) is 19.9 Å². The lowest BCUT2D eigenvalue weighted by Crippen LogP contribution is -2.62. The van der Waals surface area contributed by atoms with Gasteiger partial charge in [0.1, 0.15) is 28.8 Å². The van der Waals surface area contributed by atoms with E-state index in [0.717, 1.165) is 67.4 Å². The van der Waals surface area contributed by atoms with Crippen molar-refractivity contribution in [2.75, 3.05) is 39.3 Å². The van der Waals surface area contributed by atoms with Gasteiger partial charge in [0.05, 0.1) is 4.90 Å². The summed E-state index contributed by atoms with van der Waals surface area (Å²) in [5.74, 6) is 0.203. The summed E-state index contributed by atoms with van der Waals surface area (Å²) in [6.07, 6.45) is 4.76. The van der Waals surface area contributed by atoms with Crippen LogP contribution in [0.5, 0.6) is 17.2 Å². The van der Waals surface area contributed by atoms with Gasteiger partial charge in [-0.1, -0.05) is 19.4 Å². The lowest BCUT2D eigenvalue weighted by Gasteiger charge is -2.58. The Kier molecular flexibility index (Phi) is 15.5. The van der Waals surface area contributed by atoms with E-state index in [9.17, 15) is 32.7 Å². The molecule has 1 saturated carbocycles. The molecule has 1 saturated heterocycles. The summed E-state index contributed by atoms with van der Waals surface area (Å²) >= 11 is 0. The van der Waals surface area contributed by atoms with Crippen molar-refractivity contribution < 1.29 is 46.9 Å². The summed E-state index contributed by atoms with van der Waals surface area (Å²) in [4.78, 5) is 61.4. The third-order valence-corrected chi connectivity index (χ3v) is 15.6. The highest BCUT2D eigenvalue weighted by Crippen LogP contribution is 2.58. The minimum atomic E-state index is -4.13. The molecule has 67 heavy (non-hydrogen) atoms. The number of carbonyl (C=O) groups is 4. The van der Waals surface area contributed by atoms with Gasteiger partial charge in [-0.15, -0.1) is 0 Å². The fraction of sp³-hybridized carbons (Fsp3) is 0.653. The third kappa shape index (κ3) is 11.3. The third-order valence-electron chi connectivity index (χ3n) is 13.9. The zero-order valence-corrected chi connectivity index (χ0v) is 42.0. The highest BCUT2D eigenvalue weighted by Gasteiger charge is 2.57. The van der Waals surface area contributed by atoms with Crippen LogP contribution in [0.3, 0.4) is 0 Å². The first kappa shape index (κ1) is 51.3. The first-order valence-electron chi connectivity index (χ1n) is 23.9. The largest absolute Gasteiger partial charge is 0.504 e. The monoisotopic (exact) mass is 952 g/mol. The average molecular weight is 952 g/mol. The van der Waals surface area contributed by atoms with Gasteiger partial charge >= 0.3 is 12.2 Å². The highest BCUT2D eigenvalue weighted by atomic mass is 32.2. The van der Waals surface area contributed by atoms with Crippen LogP contribution in [-0.4, -0.2) is 116 Å². The Morgan fingerprint density at radius 1 is 1.09 bits per heavy atom. The maximum atomic E-state index is 13.7. The van der Waals surface area contributed by atoms with Crippen molar-refractivity contribution in [1.82, 2.24) is 25.2 Å². The number of alkyl carbamates (subject to hydrolysis) is 1. The summed E-state index contributed by atoms with van der Waals surface area (Å²) in [6, 6.07) is 2.77. The molecular weight excluding hydrogens is 879 g/mol. The van der Waals surface area contributed by atoms with Gasteiger partial charge in [-0.3, -0.25) is 19.5 Å². The number of piperidine rings is 1. The number of fused-ring (bicyclic) bond motifs is 2. The van der Waals surface area contributed by atoms with E-state index < -0.39 is 50.8 Å². The van der Waals surface area contributed by atoms with Crippen LogP contribution in [0.1, 0.15) is 133 Å². The number of aliphatic imine (C=N–C) groups is 1. The number of amides is 3. The van der Waals surface area contributed by atoms with E-state index in [1.807, 2.05) is 26.8 Å². The SMILES string of the molecule is CCCCN1CCC23CC(=O)CCC2C1Cc1ccc(OC(=O)N(CC)CCNC(=O)C(CCCN=C(N)NS(=O)(=O)c2c(C)c(C)c4c(c2C)CC(C)(C)O4)NC(=O)OC(C)(C)C)c(O)c13. The second kappa shape index (κ2) is 20.2. The normalized spacial score (nSPS) is 21.5. The number of nitrogens with two attached hydrogens (primary N) is 1. The van der Waals surface area contributed by atoms with Crippen molar-refractivity contribution in [3.05, 3.63) is 45.5 Å². The predicted molar refractivity (Wildman–Crippen MR) is 255 cm³/mol. The van der Waals surface area contributed by atoms with Crippen LogP contribution < -0.4 is 30.6 Å². The molecule has 2 fully saturated rings. The zero-order valence-electron chi connectivity index (χ0n) is 41.1. The number of likely N-dealkylation sites (N-methyl/N-ethyl adjacent to an activating group) is 1. The lowest BCUT2D eigenvalue weighted by molar-refractivity contribution is -0.127. The fourth-order valence-corrected chi connectivity index (χ4v) is 12.3. The minimum absolute atomic E-state index is 0.00473. The van der Waals surface area contributed by atoms with Gasteiger partial charge in [0, 0.05) is 68.0 Å². The molecule has 4 aliphatic rings. The van der Waals surface area contributed by atoms with Crippen LogP contribution in [0.25, 0.3) is 0 Å². The number of ether oxygens (including phenoxy) is 3. The summed E-state index contributed by atoms with van der Waals surface area (Å²) in [5, 5.41) is 17.3. The molecular formula is C49H73N7O10S. The van der Waals surface area contributed by atoms with Crippen LogP contribution in [-0.2, 0) is 42.6 Å². The lowest BCUT2D eigenvalue weighted by atomic mass is 9.52. The molecule has 2 aromatic rings. The molecule has 2 aromatic carbocycles.